The highest BCUT2D eigenvalue weighted by atomic mass is 16.6. The maximum Gasteiger partial charge on any atom is 0.270 e. The molecule has 0 N–H and O–H groups in total. The van der Waals surface area contributed by atoms with Crippen LogP contribution in [0.1, 0.15) is 21.5 Å². The number of rotatable bonds is 4. The molecule has 4 nitrogen and oxygen atoms in total. The highest BCUT2D eigenvalue weighted by Crippen LogP contribution is 2.15. The average Bonchev–Trinajstić information content (AvgIpc) is 2.46. The summed E-state index contributed by atoms with van der Waals surface area (Å²) < 4.78 is 0. The van der Waals surface area contributed by atoms with Crippen molar-refractivity contribution in [1.29, 1.82) is 0 Å². The Morgan fingerprint density at radius 2 is 1.53 bits per heavy atom. The predicted octanol–water partition coefficient (Wildman–Crippen LogP) is 3.58. The molecule has 0 aromatic heterocycles. The van der Waals surface area contributed by atoms with Gasteiger partial charge in [0.2, 0.25) is 0 Å². The highest BCUT2D eigenvalue weighted by Gasteiger charge is 2.03. The van der Waals surface area contributed by atoms with Crippen molar-refractivity contribution in [3.8, 4) is 0 Å². The zero-order chi connectivity index (χ0) is 13.7. The van der Waals surface area contributed by atoms with Crippen LogP contribution in [0.25, 0.3) is 12.2 Å². The van der Waals surface area contributed by atoms with Gasteiger partial charge in [0.15, 0.2) is 0 Å². The van der Waals surface area contributed by atoms with Gasteiger partial charge in [-0.1, -0.05) is 48.6 Å². The smallest absolute Gasteiger partial charge is 0.270 e. The number of carbonyl (C=O) groups excluding carboxylic acids is 1. The molecule has 19 heavy (non-hydrogen) atoms. The fraction of sp³-hybridized carbons (Fsp3) is 0. The lowest BCUT2D eigenvalue weighted by Crippen LogP contribution is -1.87. The van der Waals surface area contributed by atoms with Gasteiger partial charge in [-0.25, -0.2) is 0 Å². The van der Waals surface area contributed by atoms with Crippen molar-refractivity contribution in [3.05, 3.63) is 75.3 Å². The molecule has 0 aliphatic heterocycles. The topological polar surface area (TPSA) is 60.2 Å². The SMILES string of the molecule is O=Cc1ccc(/C=C/c2cccc([N+](=O)[O-])c2)cc1. The molecular weight excluding hydrogens is 242 g/mol. The zero-order valence-electron chi connectivity index (χ0n) is 10.0. The van der Waals surface area contributed by atoms with E-state index < -0.39 is 4.92 Å². The molecule has 0 atom stereocenters. The van der Waals surface area contributed by atoms with E-state index in [4.69, 9.17) is 0 Å². The number of non-ortho nitro benzene ring substituents is 1. The number of aldehydes is 1. The summed E-state index contributed by atoms with van der Waals surface area (Å²) in [6.07, 6.45) is 4.42. The summed E-state index contributed by atoms with van der Waals surface area (Å²) in [7, 11) is 0. The Hall–Kier alpha value is -2.75. The van der Waals surface area contributed by atoms with E-state index in [1.54, 1.807) is 30.3 Å². The minimum absolute atomic E-state index is 0.0680. The second-order valence-corrected chi connectivity index (χ2v) is 3.97. The van der Waals surface area contributed by atoms with Gasteiger partial charge in [-0.15, -0.1) is 0 Å². The quantitative estimate of drug-likeness (QED) is 0.362. The Bertz CT molecular complexity index is 630. The summed E-state index contributed by atoms with van der Waals surface area (Å²) in [5.74, 6) is 0. The van der Waals surface area contributed by atoms with E-state index >= 15 is 0 Å². The van der Waals surface area contributed by atoms with Crippen molar-refractivity contribution in [2.75, 3.05) is 0 Å². The minimum atomic E-state index is -0.420. The van der Waals surface area contributed by atoms with Gasteiger partial charge in [-0.3, -0.25) is 14.9 Å². The third kappa shape index (κ3) is 3.35. The highest BCUT2D eigenvalue weighted by molar-refractivity contribution is 5.76. The monoisotopic (exact) mass is 253 g/mol. The van der Waals surface area contributed by atoms with Crippen LogP contribution >= 0.6 is 0 Å². The molecular formula is C15H11NO3. The molecule has 2 aromatic carbocycles. The van der Waals surface area contributed by atoms with Crippen molar-refractivity contribution < 1.29 is 9.72 Å². The maximum atomic E-state index is 10.6. The first kappa shape index (κ1) is 12.7. The fourth-order valence-corrected chi connectivity index (χ4v) is 1.62. The van der Waals surface area contributed by atoms with E-state index in [-0.39, 0.29) is 5.69 Å². The molecule has 2 aromatic rings. The van der Waals surface area contributed by atoms with Crippen LogP contribution in [0.3, 0.4) is 0 Å². The van der Waals surface area contributed by atoms with Gasteiger partial charge in [0.25, 0.3) is 5.69 Å². The first-order valence-corrected chi connectivity index (χ1v) is 5.67. The number of carbonyl (C=O) groups is 1. The molecule has 0 bridgehead atoms. The van der Waals surface area contributed by atoms with Gasteiger partial charge in [0, 0.05) is 17.7 Å². The molecule has 0 amide bonds. The minimum Gasteiger partial charge on any atom is -0.298 e. The van der Waals surface area contributed by atoms with Crippen molar-refractivity contribution >= 4 is 24.1 Å². The number of nitro groups is 1. The van der Waals surface area contributed by atoms with Crippen molar-refractivity contribution in [2.45, 2.75) is 0 Å². The summed E-state index contributed by atoms with van der Waals surface area (Å²) in [6.45, 7) is 0. The van der Waals surface area contributed by atoms with Crippen molar-refractivity contribution in [1.82, 2.24) is 0 Å². The Morgan fingerprint density at radius 1 is 0.895 bits per heavy atom. The Labute approximate surface area is 110 Å². The molecule has 0 unspecified atom stereocenters. The van der Waals surface area contributed by atoms with Gasteiger partial charge in [-0.05, 0) is 11.1 Å². The average molecular weight is 253 g/mol. The zero-order valence-corrected chi connectivity index (χ0v) is 10.0. The summed E-state index contributed by atoms with van der Waals surface area (Å²) in [4.78, 5) is 20.7. The fourth-order valence-electron chi connectivity index (χ4n) is 1.62. The number of nitrogens with zero attached hydrogens (tertiary/aromatic N) is 1. The molecule has 0 heterocycles. The molecule has 0 spiro atoms. The lowest BCUT2D eigenvalue weighted by molar-refractivity contribution is -0.384. The van der Waals surface area contributed by atoms with Crippen LogP contribution in [-0.4, -0.2) is 11.2 Å². The van der Waals surface area contributed by atoms with E-state index in [1.807, 2.05) is 18.2 Å². The molecule has 0 radical (unpaired) electrons. The van der Waals surface area contributed by atoms with Crippen molar-refractivity contribution in [2.24, 2.45) is 0 Å². The second kappa shape index (κ2) is 5.73. The van der Waals surface area contributed by atoms with Crippen LogP contribution in [0.4, 0.5) is 5.69 Å². The number of benzene rings is 2. The van der Waals surface area contributed by atoms with Gasteiger partial charge in [0.05, 0.1) is 4.92 Å². The van der Waals surface area contributed by atoms with Crippen LogP contribution in [-0.2, 0) is 0 Å². The molecule has 0 fully saturated rings. The Balaban J connectivity index is 2.19. The van der Waals surface area contributed by atoms with E-state index in [2.05, 4.69) is 0 Å². The molecule has 0 saturated heterocycles. The molecule has 94 valence electrons. The third-order valence-electron chi connectivity index (χ3n) is 2.62. The Kier molecular flexibility index (Phi) is 3.83. The van der Waals surface area contributed by atoms with Crippen LogP contribution in [0, 0.1) is 10.1 Å². The summed E-state index contributed by atoms with van der Waals surface area (Å²) in [5, 5.41) is 10.6. The first-order valence-electron chi connectivity index (χ1n) is 5.67. The van der Waals surface area contributed by atoms with E-state index in [0.717, 1.165) is 17.4 Å². The van der Waals surface area contributed by atoms with E-state index in [0.29, 0.717) is 5.56 Å². The predicted molar refractivity (Wildman–Crippen MR) is 73.9 cm³/mol. The summed E-state index contributed by atoms with van der Waals surface area (Å²) >= 11 is 0. The third-order valence-corrected chi connectivity index (χ3v) is 2.62. The van der Waals surface area contributed by atoms with Crippen LogP contribution in [0.5, 0.6) is 0 Å². The largest absolute Gasteiger partial charge is 0.298 e. The lowest BCUT2D eigenvalue weighted by Gasteiger charge is -1.96. The molecule has 0 aliphatic carbocycles. The van der Waals surface area contributed by atoms with E-state index in [1.165, 1.54) is 12.1 Å². The van der Waals surface area contributed by atoms with Gasteiger partial charge in [-0.2, -0.15) is 0 Å². The summed E-state index contributed by atoms with van der Waals surface area (Å²) in [5.41, 5.74) is 2.37. The normalized spacial score (nSPS) is 10.5. The van der Waals surface area contributed by atoms with Crippen molar-refractivity contribution in [3.63, 3.8) is 0 Å². The van der Waals surface area contributed by atoms with Gasteiger partial charge < -0.3 is 0 Å². The first-order chi connectivity index (χ1) is 9.19. The van der Waals surface area contributed by atoms with Crippen LogP contribution in [0.15, 0.2) is 48.5 Å². The number of nitro benzene ring substituents is 1. The van der Waals surface area contributed by atoms with Gasteiger partial charge in [0.1, 0.15) is 6.29 Å². The molecule has 0 saturated carbocycles. The molecule has 2 rings (SSSR count). The standard InChI is InChI=1S/C15H11NO3/c17-11-14-8-5-12(6-9-14)4-7-13-2-1-3-15(10-13)16(18)19/h1-11H/b7-4+. The van der Waals surface area contributed by atoms with Gasteiger partial charge >= 0.3 is 0 Å². The summed E-state index contributed by atoms with van der Waals surface area (Å²) in [6, 6.07) is 13.5. The van der Waals surface area contributed by atoms with Crippen LogP contribution < -0.4 is 0 Å². The maximum absolute atomic E-state index is 10.6. The molecule has 0 aliphatic rings. The lowest BCUT2D eigenvalue weighted by atomic mass is 10.1. The Morgan fingerprint density at radius 3 is 2.16 bits per heavy atom. The second-order valence-electron chi connectivity index (χ2n) is 3.97. The molecule has 4 heteroatoms. The van der Waals surface area contributed by atoms with Crippen LogP contribution in [0.2, 0.25) is 0 Å². The number of hydrogen-bond acceptors (Lipinski definition) is 3. The number of hydrogen-bond donors (Lipinski definition) is 0. The van der Waals surface area contributed by atoms with E-state index in [9.17, 15) is 14.9 Å².